The van der Waals surface area contributed by atoms with Crippen molar-refractivity contribution in [2.45, 2.75) is 5.16 Å². The number of carboxylic acids is 1. The number of aromatic nitrogens is 4. The number of aliphatic carboxylic acids is 1. The van der Waals surface area contributed by atoms with Crippen LogP contribution in [0.5, 0.6) is 0 Å². The number of benzene rings is 1. The molecule has 0 fully saturated rings. The molecule has 3 rings (SSSR count). The van der Waals surface area contributed by atoms with Crippen LogP contribution < -0.4 is 0 Å². The second-order valence-corrected chi connectivity index (χ2v) is 6.03. The predicted octanol–water partition coefficient (Wildman–Crippen LogP) is 2.75. The lowest BCUT2D eigenvalue weighted by atomic mass is 10.2. The second-order valence-electron chi connectivity index (χ2n) is 4.17. The van der Waals surface area contributed by atoms with Crippen molar-refractivity contribution < 1.29 is 9.90 Å². The maximum absolute atomic E-state index is 10.7. The first-order valence-corrected chi connectivity index (χ1v) is 7.72. The molecule has 0 aliphatic rings. The highest BCUT2D eigenvalue weighted by atomic mass is 79.9. The van der Waals surface area contributed by atoms with Gasteiger partial charge in [0.05, 0.1) is 17.0 Å². The fourth-order valence-corrected chi connectivity index (χ4v) is 2.92. The third-order valence-corrected chi connectivity index (χ3v) is 4.12. The molecule has 3 aromatic rings. The van der Waals surface area contributed by atoms with E-state index in [0.717, 1.165) is 32.8 Å². The number of halogens is 1. The van der Waals surface area contributed by atoms with Gasteiger partial charge in [0.2, 0.25) is 0 Å². The molecule has 1 N–H and O–H groups in total. The molecule has 0 atom stereocenters. The molecular weight excluding hydrogens is 356 g/mol. The second kappa shape index (κ2) is 5.82. The zero-order valence-corrected chi connectivity index (χ0v) is 13.0. The first-order chi connectivity index (χ1) is 10.1. The maximum atomic E-state index is 10.7. The minimum Gasteiger partial charge on any atom is -0.481 e. The molecule has 1 aromatic carbocycles. The molecule has 0 unspecified atom stereocenters. The molecule has 0 aliphatic heterocycles. The Balaban J connectivity index is 2.09. The summed E-state index contributed by atoms with van der Waals surface area (Å²) in [6.45, 7) is 0. The number of rotatable bonds is 4. The van der Waals surface area contributed by atoms with Crippen LogP contribution in [0.25, 0.3) is 16.6 Å². The molecule has 8 heteroatoms. The molecule has 0 bridgehead atoms. The van der Waals surface area contributed by atoms with E-state index in [1.807, 2.05) is 24.3 Å². The number of nitrogens with zero attached hydrogens (tertiary/aromatic N) is 4. The molecule has 0 radical (unpaired) electrons. The van der Waals surface area contributed by atoms with Gasteiger partial charge in [0.1, 0.15) is 6.33 Å². The Kier molecular flexibility index (Phi) is 3.89. The summed E-state index contributed by atoms with van der Waals surface area (Å²) in [5.74, 6) is -0.961. The number of hydrogen-bond acceptors (Lipinski definition) is 5. The zero-order chi connectivity index (χ0) is 14.8. The Bertz CT molecular complexity index is 821. The molecule has 0 saturated heterocycles. The van der Waals surface area contributed by atoms with E-state index in [1.54, 1.807) is 17.1 Å². The van der Waals surface area contributed by atoms with E-state index < -0.39 is 5.97 Å². The predicted molar refractivity (Wildman–Crippen MR) is 82.7 cm³/mol. The van der Waals surface area contributed by atoms with Gasteiger partial charge in [-0.05, 0) is 28.1 Å². The van der Waals surface area contributed by atoms with Crippen LogP contribution in [0.15, 0.2) is 46.4 Å². The summed E-state index contributed by atoms with van der Waals surface area (Å²) in [5.41, 5.74) is 1.62. The van der Waals surface area contributed by atoms with E-state index >= 15 is 0 Å². The highest BCUT2D eigenvalue weighted by molar-refractivity contribution is 9.10. The Hall–Kier alpha value is -1.93. The number of thioether (sulfide) groups is 1. The minimum absolute atomic E-state index is 0.0670. The Morgan fingerprint density at radius 1 is 1.43 bits per heavy atom. The van der Waals surface area contributed by atoms with Gasteiger partial charge in [-0.2, -0.15) is 0 Å². The average Bonchev–Trinajstić information content (AvgIpc) is 2.92. The van der Waals surface area contributed by atoms with E-state index in [0.29, 0.717) is 5.16 Å². The van der Waals surface area contributed by atoms with E-state index in [2.05, 4.69) is 31.1 Å². The number of fused-ring (bicyclic) bond motifs is 1. The lowest BCUT2D eigenvalue weighted by molar-refractivity contribution is -0.133. The average molecular weight is 365 g/mol. The minimum atomic E-state index is -0.894. The van der Waals surface area contributed by atoms with Crippen molar-refractivity contribution in [3.8, 4) is 5.69 Å². The summed E-state index contributed by atoms with van der Waals surface area (Å²) < 4.78 is 2.65. The van der Waals surface area contributed by atoms with Crippen molar-refractivity contribution >= 4 is 44.6 Å². The van der Waals surface area contributed by atoms with Crippen molar-refractivity contribution in [2.24, 2.45) is 0 Å². The summed E-state index contributed by atoms with van der Waals surface area (Å²) in [7, 11) is 0. The first kappa shape index (κ1) is 14.0. The fraction of sp³-hybridized carbons (Fsp3) is 0.0769. The van der Waals surface area contributed by atoms with E-state index in [9.17, 15) is 4.79 Å². The van der Waals surface area contributed by atoms with Crippen molar-refractivity contribution in [2.75, 3.05) is 5.75 Å². The van der Waals surface area contributed by atoms with Crippen LogP contribution in [-0.4, -0.2) is 36.6 Å². The number of pyridine rings is 1. The summed E-state index contributed by atoms with van der Waals surface area (Å²) in [4.78, 5) is 15.1. The largest absolute Gasteiger partial charge is 0.481 e. The summed E-state index contributed by atoms with van der Waals surface area (Å²) in [5, 5.41) is 18.1. The van der Waals surface area contributed by atoms with Gasteiger partial charge in [-0.15, -0.1) is 10.2 Å². The van der Waals surface area contributed by atoms with Gasteiger partial charge in [0.25, 0.3) is 0 Å². The van der Waals surface area contributed by atoms with Crippen LogP contribution in [0.2, 0.25) is 0 Å². The Labute approximate surface area is 132 Å². The first-order valence-electron chi connectivity index (χ1n) is 5.94. The lowest BCUT2D eigenvalue weighted by Crippen LogP contribution is -2.02. The van der Waals surface area contributed by atoms with Crippen LogP contribution in [0.4, 0.5) is 0 Å². The number of carboxylic acid groups (broad SMARTS) is 1. The maximum Gasteiger partial charge on any atom is 0.313 e. The van der Waals surface area contributed by atoms with Crippen LogP contribution >= 0.6 is 27.7 Å². The standard InChI is InChI=1S/C13H9BrN4O2S/c14-9-4-8-2-1-3-10(12(8)15-5-9)18-7-16-17-13(18)21-6-11(19)20/h1-5,7H,6H2,(H,19,20). The fourth-order valence-electron chi connectivity index (χ4n) is 1.93. The Morgan fingerprint density at radius 2 is 2.29 bits per heavy atom. The molecule has 2 heterocycles. The normalized spacial score (nSPS) is 10.9. The van der Waals surface area contributed by atoms with E-state index in [1.165, 1.54) is 0 Å². The van der Waals surface area contributed by atoms with Gasteiger partial charge in [-0.25, -0.2) is 0 Å². The Morgan fingerprint density at radius 3 is 3.10 bits per heavy atom. The highest BCUT2D eigenvalue weighted by Gasteiger charge is 2.12. The SMILES string of the molecule is O=C(O)CSc1nncn1-c1cccc2cc(Br)cnc12. The van der Waals surface area contributed by atoms with Crippen molar-refractivity contribution in [1.82, 2.24) is 19.7 Å². The van der Waals surface area contributed by atoms with Gasteiger partial charge >= 0.3 is 5.97 Å². The van der Waals surface area contributed by atoms with Crippen LogP contribution in [0, 0.1) is 0 Å². The quantitative estimate of drug-likeness (QED) is 0.716. The number of carbonyl (C=O) groups is 1. The van der Waals surface area contributed by atoms with Crippen LogP contribution in [-0.2, 0) is 4.79 Å². The number of para-hydroxylation sites is 1. The molecule has 6 nitrogen and oxygen atoms in total. The topological polar surface area (TPSA) is 80.9 Å². The summed E-state index contributed by atoms with van der Waals surface area (Å²) in [6.07, 6.45) is 3.28. The zero-order valence-electron chi connectivity index (χ0n) is 10.6. The summed E-state index contributed by atoms with van der Waals surface area (Å²) in [6, 6.07) is 7.75. The lowest BCUT2D eigenvalue weighted by Gasteiger charge is -2.08. The molecule has 106 valence electrons. The van der Waals surface area contributed by atoms with Crippen LogP contribution in [0.1, 0.15) is 0 Å². The molecule has 21 heavy (non-hydrogen) atoms. The van der Waals surface area contributed by atoms with Gasteiger partial charge < -0.3 is 5.11 Å². The third-order valence-electron chi connectivity index (χ3n) is 2.76. The van der Waals surface area contributed by atoms with Gasteiger partial charge in [-0.1, -0.05) is 23.9 Å². The van der Waals surface area contributed by atoms with Crippen molar-refractivity contribution in [1.29, 1.82) is 0 Å². The highest BCUT2D eigenvalue weighted by Crippen LogP contribution is 2.26. The van der Waals surface area contributed by atoms with Gasteiger partial charge in [0.15, 0.2) is 5.16 Å². The van der Waals surface area contributed by atoms with E-state index in [-0.39, 0.29) is 5.75 Å². The molecular formula is C13H9BrN4O2S. The van der Waals surface area contributed by atoms with Crippen molar-refractivity contribution in [3.05, 3.63) is 41.3 Å². The molecule has 2 aromatic heterocycles. The molecule has 0 aliphatic carbocycles. The van der Waals surface area contributed by atoms with Gasteiger partial charge in [0, 0.05) is 16.1 Å². The van der Waals surface area contributed by atoms with Gasteiger partial charge in [-0.3, -0.25) is 14.3 Å². The smallest absolute Gasteiger partial charge is 0.313 e. The monoisotopic (exact) mass is 364 g/mol. The third kappa shape index (κ3) is 2.91. The van der Waals surface area contributed by atoms with E-state index in [4.69, 9.17) is 5.11 Å². The van der Waals surface area contributed by atoms with Crippen molar-refractivity contribution in [3.63, 3.8) is 0 Å². The molecule has 0 spiro atoms. The van der Waals surface area contributed by atoms with Crippen LogP contribution in [0.3, 0.4) is 0 Å². The molecule has 0 saturated carbocycles. The summed E-state index contributed by atoms with van der Waals surface area (Å²) >= 11 is 4.52. The number of hydrogen-bond donors (Lipinski definition) is 1. The molecule has 0 amide bonds.